The average Bonchev–Trinajstić information content (AvgIpc) is 2.82. The maximum absolute atomic E-state index is 13.9. The molecule has 2 fully saturated rings. The van der Waals surface area contributed by atoms with E-state index in [2.05, 4.69) is 6.92 Å². The highest BCUT2D eigenvalue weighted by Crippen LogP contribution is 2.58. The minimum Gasteiger partial charge on any atom is -0.315 e. The summed E-state index contributed by atoms with van der Waals surface area (Å²) in [6.07, 6.45) is 6.29. The fourth-order valence-corrected chi connectivity index (χ4v) is 6.20. The van der Waals surface area contributed by atoms with Crippen molar-refractivity contribution in [2.75, 3.05) is 23.9 Å². The summed E-state index contributed by atoms with van der Waals surface area (Å²) >= 11 is 0. The zero-order chi connectivity index (χ0) is 22.1. The lowest BCUT2D eigenvalue weighted by molar-refractivity contribution is -0.146. The first-order valence-electron chi connectivity index (χ1n) is 11.6. The Morgan fingerprint density at radius 2 is 1.42 bits per heavy atom. The maximum Gasteiger partial charge on any atom is 0.232 e. The fraction of sp³-hybridized carbons (Fsp3) is 0.481. The third-order valence-electron chi connectivity index (χ3n) is 7.78. The Labute approximate surface area is 186 Å². The molecule has 2 bridgehead atoms. The third kappa shape index (κ3) is 3.88. The van der Waals surface area contributed by atoms with Crippen molar-refractivity contribution in [2.24, 2.45) is 16.7 Å². The SMILES string of the molecule is CCC1(C(=O)N(C)c2ccccc2)CC2CCCC(C(=O)N(C)c3ccccc3)(C2)C1. The second-order valence-electron chi connectivity index (χ2n) is 9.66. The van der Waals surface area contributed by atoms with Crippen LogP contribution in [0.1, 0.15) is 51.9 Å². The van der Waals surface area contributed by atoms with Gasteiger partial charge in [0, 0.05) is 25.5 Å². The van der Waals surface area contributed by atoms with Gasteiger partial charge in [-0.05, 0) is 62.3 Å². The first-order valence-corrected chi connectivity index (χ1v) is 11.6. The van der Waals surface area contributed by atoms with Gasteiger partial charge in [0.15, 0.2) is 0 Å². The summed E-state index contributed by atoms with van der Waals surface area (Å²) in [6, 6.07) is 19.7. The van der Waals surface area contributed by atoms with Crippen LogP contribution in [-0.2, 0) is 9.59 Å². The number of carbonyl (C=O) groups is 2. The van der Waals surface area contributed by atoms with Crippen molar-refractivity contribution < 1.29 is 9.59 Å². The molecule has 0 saturated heterocycles. The van der Waals surface area contributed by atoms with Gasteiger partial charge in [-0.25, -0.2) is 0 Å². The van der Waals surface area contributed by atoms with Gasteiger partial charge in [-0.1, -0.05) is 56.2 Å². The largest absolute Gasteiger partial charge is 0.315 e. The number of nitrogens with zero attached hydrogens (tertiary/aromatic N) is 2. The zero-order valence-corrected chi connectivity index (χ0v) is 19.0. The summed E-state index contributed by atoms with van der Waals surface area (Å²) in [7, 11) is 3.76. The number of hydrogen-bond acceptors (Lipinski definition) is 2. The average molecular weight is 419 g/mol. The Morgan fingerprint density at radius 3 is 1.97 bits per heavy atom. The van der Waals surface area contributed by atoms with Gasteiger partial charge in [0.05, 0.1) is 10.8 Å². The normalized spacial score (nSPS) is 27.4. The molecule has 3 atom stereocenters. The summed E-state index contributed by atoms with van der Waals surface area (Å²) in [6.45, 7) is 2.12. The van der Waals surface area contributed by atoms with Gasteiger partial charge in [-0.2, -0.15) is 0 Å². The molecule has 0 heterocycles. The molecule has 2 aromatic rings. The molecular weight excluding hydrogens is 384 g/mol. The number of amides is 2. The van der Waals surface area contributed by atoms with Crippen LogP contribution >= 0.6 is 0 Å². The van der Waals surface area contributed by atoms with Crippen molar-refractivity contribution in [3.63, 3.8) is 0 Å². The van der Waals surface area contributed by atoms with E-state index in [4.69, 9.17) is 0 Å². The quantitative estimate of drug-likeness (QED) is 0.627. The molecule has 0 spiro atoms. The van der Waals surface area contributed by atoms with Crippen LogP contribution in [0, 0.1) is 16.7 Å². The van der Waals surface area contributed by atoms with Crippen molar-refractivity contribution >= 4 is 23.2 Å². The van der Waals surface area contributed by atoms with Gasteiger partial charge in [0.25, 0.3) is 0 Å². The Balaban J connectivity index is 1.66. The number of rotatable bonds is 5. The van der Waals surface area contributed by atoms with Crippen LogP contribution < -0.4 is 9.80 Å². The molecule has 4 rings (SSSR count). The van der Waals surface area contributed by atoms with Gasteiger partial charge in [-0.15, -0.1) is 0 Å². The number of para-hydroxylation sites is 2. The number of benzene rings is 2. The van der Waals surface area contributed by atoms with Gasteiger partial charge in [0.2, 0.25) is 11.8 Å². The summed E-state index contributed by atoms with van der Waals surface area (Å²) in [5.74, 6) is 0.770. The van der Waals surface area contributed by atoms with E-state index in [1.807, 2.05) is 84.6 Å². The Bertz CT molecular complexity index is 871. The van der Waals surface area contributed by atoms with E-state index in [0.29, 0.717) is 12.3 Å². The van der Waals surface area contributed by atoms with Gasteiger partial charge in [0.1, 0.15) is 0 Å². The molecule has 0 aromatic heterocycles. The maximum atomic E-state index is 13.9. The van der Waals surface area contributed by atoms with Crippen LogP contribution in [0.5, 0.6) is 0 Å². The van der Waals surface area contributed by atoms with Crippen LogP contribution in [-0.4, -0.2) is 25.9 Å². The van der Waals surface area contributed by atoms with E-state index >= 15 is 0 Å². The van der Waals surface area contributed by atoms with E-state index in [-0.39, 0.29) is 11.8 Å². The molecule has 4 nitrogen and oxygen atoms in total. The molecule has 2 aliphatic carbocycles. The number of fused-ring (bicyclic) bond motifs is 2. The van der Waals surface area contributed by atoms with Crippen LogP contribution in [0.3, 0.4) is 0 Å². The first kappa shape index (κ1) is 21.6. The van der Waals surface area contributed by atoms with E-state index in [1.54, 1.807) is 0 Å². The molecule has 2 saturated carbocycles. The highest BCUT2D eigenvalue weighted by Gasteiger charge is 2.57. The standard InChI is InChI=1S/C27H34N2O2/c1-4-26(24(30)28(2)22-13-7-5-8-14-22)18-21-12-11-17-27(19-21,20-26)25(31)29(3)23-15-9-6-10-16-23/h5-10,13-16,21H,4,11-12,17-20H2,1-3H3. The highest BCUT2D eigenvalue weighted by molar-refractivity contribution is 6.00. The molecular formula is C27H34N2O2. The number of carbonyl (C=O) groups excluding carboxylic acids is 2. The van der Waals surface area contributed by atoms with Crippen LogP contribution in [0.4, 0.5) is 11.4 Å². The minimum absolute atomic E-state index is 0.160. The summed E-state index contributed by atoms with van der Waals surface area (Å²) in [5.41, 5.74) is 0.901. The van der Waals surface area contributed by atoms with Gasteiger partial charge >= 0.3 is 0 Å². The molecule has 2 aliphatic rings. The van der Waals surface area contributed by atoms with Crippen molar-refractivity contribution in [1.82, 2.24) is 0 Å². The van der Waals surface area contributed by atoms with E-state index < -0.39 is 10.8 Å². The summed E-state index contributed by atoms with van der Waals surface area (Å²) in [4.78, 5) is 31.4. The van der Waals surface area contributed by atoms with Crippen molar-refractivity contribution in [2.45, 2.75) is 51.9 Å². The predicted octanol–water partition coefficient (Wildman–Crippen LogP) is 5.68. The lowest BCUT2D eigenvalue weighted by Gasteiger charge is -2.53. The molecule has 3 unspecified atom stereocenters. The molecule has 0 radical (unpaired) electrons. The van der Waals surface area contributed by atoms with E-state index in [0.717, 1.165) is 49.9 Å². The Morgan fingerprint density at radius 1 is 0.871 bits per heavy atom. The van der Waals surface area contributed by atoms with Crippen LogP contribution in [0.25, 0.3) is 0 Å². The molecule has 0 aliphatic heterocycles. The molecule has 164 valence electrons. The van der Waals surface area contributed by atoms with Crippen molar-refractivity contribution in [3.05, 3.63) is 60.7 Å². The van der Waals surface area contributed by atoms with E-state index in [9.17, 15) is 9.59 Å². The van der Waals surface area contributed by atoms with Crippen LogP contribution in [0.2, 0.25) is 0 Å². The van der Waals surface area contributed by atoms with Crippen molar-refractivity contribution in [3.8, 4) is 0 Å². The zero-order valence-electron chi connectivity index (χ0n) is 19.0. The highest BCUT2D eigenvalue weighted by atomic mass is 16.2. The monoisotopic (exact) mass is 418 g/mol. The lowest BCUT2D eigenvalue weighted by atomic mass is 9.52. The van der Waals surface area contributed by atoms with Crippen molar-refractivity contribution in [1.29, 1.82) is 0 Å². The minimum atomic E-state index is -0.485. The molecule has 2 amide bonds. The van der Waals surface area contributed by atoms with Gasteiger partial charge in [-0.3, -0.25) is 9.59 Å². The molecule has 0 N–H and O–H groups in total. The predicted molar refractivity (Wildman–Crippen MR) is 126 cm³/mol. The van der Waals surface area contributed by atoms with Crippen LogP contribution in [0.15, 0.2) is 60.7 Å². The third-order valence-corrected chi connectivity index (χ3v) is 7.78. The fourth-order valence-electron chi connectivity index (χ4n) is 6.20. The number of hydrogen-bond donors (Lipinski definition) is 0. The Kier molecular flexibility index (Phi) is 5.92. The smallest absolute Gasteiger partial charge is 0.232 e. The second kappa shape index (κ2) is 8.49. The van der Waals surface area contributed by atoms with Gasteiger partial charge < -0.3 is 9.80 Å². The molecule has 4 heteroatoms. The van der Waals surface area contributed by atoms with E-state index in [1.165, 1.54) is 0 Å². The lowest BCUT2D eigenvalue weighted by Crippen LogP contribution is -2.56. The topological polar surface area (TPSA) is 40.6 Å². The Hall–Kier alpha value is -2.62. The summed E-state index contributed by atoms with van der Waals surface area (Å²) in [5, 5.41) is 0. The number of anilines is 2. The summed E-state index contributed by atoms with van der Waals surface area (Å²) < 4.78 is 0. The molecule has 31 heavy (non-hydrogen) atoms. The first-order chi connectivity index (χ1) is 14.9. The molecule has 2 aromatic carbocycles. The second-order valence-corrected chi connectivity index (χ2v) is 9.66.